The fraction of sp³-hybridized carbons (Fsp3) is 0.417. The van der Waals surface area contributed by atoms with Crippen molar-refractivity contribution in [3.05, 3.63) is 53.1 Å². The summed E-state index contributed by atoms with van der Waals surface area (Å²) in [6, 6.07) is 12.1. The lowest BCUT2D eigenvalue weighted by Crippen LogP contribution is -2.39. The number of benzene rings is 2. The summed E-state index contributed by atoms with van der Waals surface area (Å²) in [4.78, 5) is 22.4. The molecule has 0 radical (unpaired) electrons. The Morgan fingerprint density at radius 2 is 1.87 bits per heavy atom. The van der Waals surface area contributed by atoms with Crippen LogP contribution < -0.4 is 9.64 Å². The highest BCUT2D eigenvalue weighted by molar-refractivity contribution is 7.22. The number of likely N-dealkylation sites (N-methyl/N-ethyl adjacent to an activating group) is 1. The number of hydrogen-bond acceptors (Lipinski definition) is 5. The molecule has 1 heterocycles. The summed E-state index contributed by atoms with van der Waals surface area (Å²) in [7, 11) is 1.66. The molecular weight excluding hydrogens is 394 g/mol. The first-order valence-corrected chi connectivity index (χ1v) is 11.3. The maximum Gasteiger partial charge on any atom is 0.233 e. The quantitative estimate of drug-likeness (QED) is 0.492. The van der Waals surface area contributed by atoms with Crippen LogP contribution in [-0.2, 0) is 11.2 Å². The lowest BCUT2D eigenvalue weighted by molar-refractivity contribution is -0.118. The van der Waals surface area contributed by atoms with Crippen molar-refractivity contribution in [3.8, 4) is 5.75 Å². The van der Waals surface area contributed by atoms with Crippen molar-refractivity contribution in [1.29, 1.82) is 0 Å². The molecule has 0 saturated heterocycles. The van der Waals surface area contributed by atoms with Gasteiger partial charge in [0.2, 0.25) is 5.91 Å². The molecule has 160 valence electrons. The number of fused-ring (bicyclic) bond motifs is 1. The molecule has 0 aliphatic heterocycles. The first-order chi connectivity index (χ1) is 14.5. The van der Waals surface area contributed by atoms with Crippen molar-refractivity contribution >= 4 is 32.6 Å². The first kappa shape index (κ1) is 22.2. The summed E-state index contributed by atoms with van der Waals surface area (Å²) in [6.07, 6.45) is 0.367. The van der Waals surface area contributed by atoms with Crippen LogP contribution in [0.2, 0.25) is 0 Å². The van der Waals surface area contributed by atoms with Gasteiger partial charge in [0.15, 0.2) is 5.13 Å². The third kappa shape index (κ3) is 4.99. The molecular formula is C24H31N3O2S. The molecule has 3 aromatic rings. The van der Waals surface area contributed by atoms with E-state index in [2.05, 4.69) is 44.7 Å². The number of rotatable bonds is 9. The zero-order valence-electron chi connectivity index (χ0n) is 18.6. The molecule has 0 atom stereocenters. The van der Waals surface area contributed by atoms with E-state index in [-0.39, 0.29) is 5.91 Å². The molecule has 0 saturated carbocycles. The van der Waals surface area contributed by atoms with Gasteiger partial charge in [0, 0.05) is 13.1 Å². The molecule has 0 bridgehead atoms. The van der Waals surface area contributed by atoms with Gasteiger partial charge in [-0.2, -0.15) is 0 Å². The maximum absolute atomic E-state index is 13.4. The van der Waals surface area contributed by atoms with Gasteiger partial charge in [-0.3, -0.25) is 9.69 Å². The van der Waals surface area contributed by atoms with Gasteiger partial charge < -0.3 is 9.64 Å². The average molecular weight is 426 g/mol. The SMILES string of the molecule is CCN(CC)CCN(C(=O)Cc1cccc(C)c1)c1nc2c(OC)ccc(C)c2s1. The number of thiazole rings is 1. The minimum atomic E-state index is 0.0726. The van der Waals surface area contributed by atoms with Gasteiger partial charge in [-0.25, -0.2) is 4.98 Å². The first-order valence-electron chi connectivity index (χ1n) is 10.5. The van der Waals surface area contributed by atoms with Crippen molar-refractivity contribution in [2.45, 2.75) is 34.1 Å². The Bertz CT molecular complexity index is 1010. The number of carbonyl (C=O) groups excluding carboxylic acids is 1. The number of carbonyl (C=O) groups is 1. The molecule has 0 aliphatic carbocycles. The highest BCUT2D eigenvalue weighted by Gasteiger charge is 2.22. The number of aromatic nitrogens is 1. The van der Waals surface area contributed by atoms with Crippen LogP contribution in [0.4, 0.5) is 5.13 Å². The molecule has 0 aliphatic rings. The Morgan fingerprint density at radius 1 is 1.10 bits per heavy atom. The van der Waals surface area contributed by atoms with Gasteiger partial charge in [-0.15, -0.1) is 0 Å². The molecule has 0 fully saturated rings. The predicted octanol–water partition coefficient (Wildman–Crippen LogP) is 4.84. The molecule has 0 unspecified atom stereocenters. The molecule has 1 amide bonds. The van der Waals surface area contributed by atoms with E-state index >= 15 is 0 Å². The summed E-state index contributed by atoms with van der Waals surface area (Å²) in [5.74, 6) is 0.816. The average Bonchev–Trinajstić information content (AvgIpc) is 3.17. The molecule has 3 rings (SSSR count). The number of nitrogens with zero attached hydrogens (tertiary/aromatic N) is 3. The van der Waals surface area contributed by atoms with E-state index in [4.69, 9.17) is 9.72 Å². The minimum Gasteiger partial charge on any atom is -0.494 e. The Balaban J connectivity index is 1.95. The Morgan fingerprint density at radius 3 is 2.53 bits per heavy atom. The van der Waals surface area contributed by atoms with E-state index in [0.29, 0.717) is 13.0 Å². The van der Waals surface area contributed by atoms with Gasteiger partial charge in [0.1, 0.15) is 11.3 Å². The predicted molar refractivity (Wildman–Crippen MR) is 126 cm³/mol. The van der Waals surface area contributed by atoms with Gasteiger partial charge in [0.05, 0.1) is 18.2 Å². The second-order valence-corrected chi connectivity index (χ2v) is 8.47. The number of ether oxygens (including phenoxy) is 1. The maximum atomic E-state index is 13.4. The van der Waals surface area contributed by atoms with Gasteiger partial charge in [0.25, 0.3) is 0 Å². The van der Waals surface area contributed by atoms with E-state index in [0.717, 1.165) is 57.4 Å². The van der Waals surface area contributed by atoms with Crippen LogP contribution in [0.15, 0.2) is 36.4 Å². The smallest absolute Gasteiger partial charge is 0.233 e. The fourth-order valence-electron chi connectivity index (χ4n) is 3.58. The highest BCUT2D eigenvalue weighted by atomic mass is 32.1. The van der Waals surface area contributed by atoms with Crippen LogP contribution in [0, 0.1) is 13.8 Å². The van der Waals surface area contributed by atoms with Crippen molar-refractivity contribution in [2.24, 2.45) is 0 Å². The summed E-state index contributed by atoms with van der Waals surface area (Å²) in [5.41, 5.74) is 4.16. The lowest BCUT2D eigenvalue weighted by Gasteiger charge is -2.24. The molecule has 6 heteroatoms. The summed E-state index contributed by atoms with van der Waals surface area (Å²) >= 11 is 1.57. The third-order valence-corrected chi connectivity index (χ3v) is 6.63. The largest absolute Gasteiger partial charge is 0.494 e. The second kappa shape index (κ2) is 10.0. The van der Waals surface area contributed by atoms with Gasteiger partial charge in [-0.05, 0) is 44.1 Å². The number of methoxy groups -OCH3 is 1. The summed E-state index contributed by atoms with van der Waals surface area (Å²) in [6.45, 7) is 11.8. The van der Waals surface area contributed by atoms with Crippen LogP contribution >= 0.6 is 11.3 Å². The Hall–Kier alpha value is -2.44. The van der Waals surface area contributed by atoms with Crippen molar-refractivity contribution in [1.82, 2.24) is 9.88 Å². The standard InChI is InChI=1S/C24H31N3O2S/c1-6-26(7-2)13-14-27(21(28)16-19-10-8-9-17(3)15-19)24-25-22-20(29-5)12-11-18(4)23(22)30-24/h8-12,15H,6-7,13-14,16H2,1-5H3. The van der Waals surface area contributed by atoms with Crippen LogP contribution in [0.25, 0.3) is 10.2 Å². The number of anilines is 1. The molecule has 2 aromatic carbocycles. The molecule has 1 aromatic heterocycles. The van der Waals surface area contributed by atoms with Gasteiger partial charge >= 0.3 is 0 Å². The highest BCUT2D eigenvalue weighted by Crippen LogP contribution is 2.36. The normalized spacial score (nSPS) is 11.3. The summed E-state index contributed by atoms with van der Waals surface area (Å²) in [5, 5.41) is 0.738. The zero-order chi connectivity index (χ0) is 21.7. The molecule has 5 nitrogen and oxygen atoms in total. The van der Waals surface area contributed by atoms with E-state index in [1.807, 2.05) is 29.2 Å². The lowest BCUT2D eigenvalue weighted by atomic mass is 10.1. The minimum absolute atomic E-state index is 0.0726. The van der Waals surface area contributed by atoms with Crippen LogP contribution in [0.1, 0.15) is 30.5 Å². The van der Waals surface area contributed by atoms with Crippen LogP contribution in [-0.4, -0.2) is 49.1 Å². The van der Waals surface area contributed by atoms with Crippen LogP contribution in [0.3, 0.4) is 0 Å². The number of hydrogen-bond donors (Lipinski definition) is 0. The van der Waals surface area contributed by atoms with Crippen molar-refractivity contribution in [2.75, 3.05) is 38.2 Å². The van der Waals surface area contributed by atoms with E-state index in [1.165, 1.54) is 0 Å². The summed E-state index contributed by atoms with van der Waals surface area (Å²) < 4.78 is 6.58. The molecule has 0 spiro atoms. The zero-order valence-corrected chi connectivity index (χ0v) is 19.4. The van der Waals surface area contributed by atoms with E-state index in [1.54, 1.807) is 18.4 Å². The number of aryl methyl sites for hydroxylation is 2. The Kier molecular flexibility index (Phi) is 7.45. The van der Waals surface area contributed by atoms with E-state index < -0.39 is 0 Å². The monoisotopic (exact) mass is 425 g/mol. The second-order valence-electron chi connectivity index (χ2n) is 7.50. The molecule has 0 N–H and O–H groups in total. The van der Waals surface area contributed by atoms with Crippen LogP contribution in [0.5, 0.6) is 5.75 Å². The van der Waals surface area contributed by atoms with Crippen molar-refractivity contribution in [3.63, 3.8) is 0 Å². The van der Waals surface area contributed by atoms with Gasteiger partial charge in [-0.1, -0.05) is 61.1 Å². The number of amides is 1. The third-order valence-electron chi connectivity index (χ3n) is 5.42. The van der Waals surface area contributed by atoms with E-state index in [9.17, 15) is 4.79 Å². The molecule has 30 heavy (non-hydrogen) atoms. The topological polar surface area (TPSA) is 45.7 Å². The van der Waals surface area contributed by atoms with Crippen molar-refractivity contribution < 1.29 is 9.53 Å². The Labute approximate surface area is 183 Å². The fourth-order valence-corrected chi connectivity index (χ4v) is 4.67.